The van der Waals surface area contributed by atoms with Crippen LogP contribution in [0.5, 0.6) is 0 Å². The maximum Gasteiger partial charge on any atom is 0.405 e. The molecule has 2 amide bonds. The van der Waals surface area contributed by atoms with Crippen molar-refractivity contribution in [3.05, 3.63) is 39.9 Å². The molecular formula is C16H21N3O7. The van der Waals surface area contributed by atoms with Gasteiger partial charge in [-0.15, -0.1) is 0 Å². The largest absolute Gasteiger partial charge is 0.465 e. The van der Waals surface area contributed by atoms with E-state index in [4.69, 9.17) is 9.84 Å². The number of non-ortho nitro benzene ring substituents is 1. The molecule has 3 N–H and O–H groups in total. The summed E-state index contributed by atoms with van der Waals surface area (Å²) in [7, 11) is 0. The molecule has 1 saturated heterocycles. The second kappa shape index (κ2) is 8.11. The molecule has 1 fully saturated rings. The standard InChI is InChI=1S/C16H21N3O7/c1-9(2)13(17-16(22)23)14(20)18-8-26-15(21)12(18)7-10-3-5-11(6-4-10)19(24)25/h3-6,9,12-13,15,17,21H,7-8H2,1-2H3,(H,22,23). The zero-order valence-electron chi connectivity index (χ0n) is 14.4. The summed E-state index contributed by atoms with van der Waals surface area (Å²) in [6.45, 7) is 3.25. The van der Waals surface area contributed by atoms with Crippen LogP contribution in [0.4, 0.5) is 10.5 Å². The lowest BCUT2D eigenvalue weighted by Crippen LogP contribution is -2.53. The van der Waals surface area contributed by atoms with E-state index in [1.54, 1.807) is 26.0 Å². The highest BCUT2D eigenvalue weighted by molar-refractivity contribution is 5.86. The van der Waals surface area contributed by atoms with Crippen LogP contribution < -0.4 is 5.32 Å². The summed E-state index contributed by atoms with van der Waals surface area (Å²) in [5.74, 6) is -0.790. The molecule has 3 atom stereocenters. The number of amides is 2. The number of nitro benzene ring substituents is 1. The lowest BCUT2D eigenvalue weighted by molar-refractivity contribution is -0.384. The Kier molecular flexibility index (Phi) is 6.11. The number of carbonyl (C=O) groups excluding carboxylic acids is 1. The first kappa shape index (κ1) is 19.6. The molecule has 0 saturated carbocycles. The molecule has 2 rings (SSSR count). The minimum Gasteiger partial charge on any atom is -0.465 e. The van der Waals surface area contributed by atoms with E-state index in [-0.39, 0.29) is 24.8 Å². The van der Waals surface area contributed by atoms with E-state index < -0.39 is 35.3 Å². The lowest BCUT2D eigenvalue weighted by atomic mass is 10.00. The Labute approximate surface area is 149 Å². The first-order valence-corrected chi connectivity index (χ1v) is 8.03. The molecule has 1 aromatic rings. The monoisotopic (exact) mass is 367 g/mol. The van der Waals surface area contributed by atoms with Crippen LogP contribution in [0.15, 0.2) is 24.3 Å². The van der Waals surface area contributed by atoms with Crippen molar-refractivity contribution in [1.29, 1.82) is 0 Å². The third-order valence-corrected chi connectivity index (χ3v) is 4.20. The van der Waals surface area contributed by atoms with Crippen LogP contribution in [0.2, 0.25) is 0 Å². The Balaban J connectivity index is 2.16. The number of nitrogens with one attached hydrogen (secondary N) is 1. The van der Waals surface area contributed by atoms with E-state index in [9.17, 15) is 24.8 Å². The van der Waals surface area contributed by atoms with Gasteiger partial charge in [-0.05, 0) is 17.9 Å². The topological polar surface area (TPSA) is 142 Å². The van der Waals surface area contributed by atoms with Crippen molar-refractivity contribution in [3.8, 4) is 0 Å². The molecule has 0 aromatic heterocycles. The van der Waals surface area contributed by atoms with Crippen LogP contribution in [0, 0.1) is 16.0 Å². The zero-order valence-corrected chi connectivity index (χ0v) is 14.4. The molecule has 0 spiro atoms. The van der Waals surface area contributed by atoms with Crippen molar-refractivity contribution in [3.63, 3.8) is 0 Å². The fourth-order valence-electron chi connectivity index (χ4n) is 2.78. The van der Waals surface area contributed by atoms with Gasteiger partial charge >= 0.3 is 6.09 Å². The van der Waals surface area contributed by atoms with Gasteiger partial charge in [-0.3, -0.25) is 14.9 Å². The van der Waals surface area contributed by atoms with Crippen LogP contribution in [0.1, 0.15) is 19.4 Å². The number of aliphatic hydroxyl groups is 1. The molecular weight excluding hydrogens is 346 g/mol. The molecule has 26 heavy (non-hydrogen) atoms. The summed E-state index contributed by atoms with van der Waals surface area (Å²) in [5.41, 5.74) is 0.616. The zero-order chi connectivity index (χ0) is 19.4. The number of aliphatic hydroxyl groups excluding tert-OH is 1. The van der Waals surface area contributed by atoms with Crippen molar-refractivity contribution in [2.24, 2.45) is 5.92 Å². The fraction of sp³-hybridized carbons (Fsp3) is 0.500. The molecule has 0 radical (unpaired) electrons. The lowest BCUT2D eigenvalue weighted by Gasteiger charge is -2.29. The summed E-state index contributed by atoms with van der Waals surface area (Å²) in [4.78, 5) is 35.2. The second-order valence-corrected chi connectivity index (χ2v) is 6.36. The van der Waals surface area contributed by atoms with Crippen molar-refractivity contribution in [1.82, 2.24) is 10.2 Å². The van der Waals surface area contributed by atoms with Crippen molar-refractivity contribution >= 4 is 17.7 Å². The van der Waals surface area contributed by atoms with Crippen molar-refractivity contribution in [2.45, 2.75) is 38.6 Å². The minimum atomic E-state index is -1.32. The van der Waals surface area contributed by atoms with E-state index in [2.05, 4.69) is 5.32 Å². The Hall–Kier alpha value is -2.72. The number of hydrogen-bond donors (Lipinski definition) is 3. The third-order valence-electron chi connectivity index (χ3n) is 4.20. The van der Waals surface area contributed by atoms with Gasteiger partial charge in [-0.2, -0.15) is 0 Å². The van der Waals surface area contributed by atoms with E-state index in [1.807, 2.05) is 0 Å². The number of carbonyl (C=O) groups is 2. The molecule has 10 heteroatoms. The first-order chi connectivity index (χ1) is 12.2. The van der Waals surface area contributed by atoms with Crippen LogP contribution in [-0.2, 0) is 16.0 Å². The van der Waals surface area contributed by atoms with E-state index in [1.165, 1.54) is 17.0 Å². The fourth-order valence-corrected chi connectivity index (χ4v) is 2.78. The molecule has 1 heterocycles. The molecule has 1 aliphatic heterocycles. The average Bonchev–Trinajstić information content (AvgIpc) is 2.93. The number of carboxylic acid groups (broad SMARTS) is 1. The highest BCUT2D eigenvalue weighted by Crippen LogP contribution is 2.23. The maximum absolute atomic E-state index is 12.7. The molecule has 1 aliphatic rings. The summed E-state index contributed by atoms with van der Waals surface area (Å²) in [5, 5.41) is 31.9. The van der Waals surface area contributed by atoms with E-state index >= 15 is 0 Å². The molecule has 10 nitrogen and oxygen atoms in total. The first-order valence-electron chi connectivity index (χ1n) is 8.03. The second-order valence-electron chi connectivity index (χ2n) is 6.36. The minimum absolute atomic E-state index is 0.0598. The smallest absolute Gasteiger partial charge is 0.405 e. The SMILES string of the molecule is CC(C)C(NC(=O)O)C(=O)N1COC(O)C1Cc1ccc([N+](=O)[O-])cc1. The van der Waals surface area contributed by atoms with Crippen LogP contribution >= 0.6 is 0 Å². The van der Waals surface area contributed by atoms with Crippen LogP contribution in [0.3, 0.4) is 0 Å². The highest BCUT2D eigenvalue weighted by Gasteiger charge is 2.40. The van der Waals surface area contributed by atoms with Gasteiger partial charge in [0, 0.05) is 12.1 Å². The third kappa shape index (κ3) is 4.46. The number of ether oxygens (including phenoxy) is 1. The van der Waals surface area contributed by atoms with Crippen LogP contribution in [0.25, 0.3) is 0 Å². The Morgan fingerprint density at radius 1 is 1.38 bits per heavy atom. The summed E-state index contributed by atoms with van der Waals surface area (Å²) in [6, 6.07) is 4.07. The molecule has 142 valence electrons. The quantitative estimate of drug-likeness (QED) is 0.501. The average molecular weight is 367 g/mol. The summed E-state index contributed by atoms with van der Waals surface area (Å²) < 4.78 is 5.15. The molecule has 0 bridgehead atoms. The number of rotatable bonds is 6. The molecule has 1 aromatic carbocycles. The van der Waals surface area contributed by atoms with Gasteiger partial charge in [0.15, 0.2) is 6.29 Å². The number of nitrogens with zero attached hydrogens (tertiary/aromatic N) is 2. The molecule has 0 aliphatic carbocycles. The van der Waals surface area contributed by atoms with Gasteiger partial charge in [0.1, 0.15) is 12.8 Å². The normalized spacial score (nSPS) is 20.8. The maximum atomic E-state index is 12.7. The molecule has 3 unspecified atom stereocenters. The Bertz CT molecular complexity index is 677. The Morgan fingerprint density at radius 2 is 2.00 bits per heavy atom. The van der Waals surface area contributed by atoms with Gasteiger partial charge in [0.25, 0.3) is 5.69 Å². The predicted molar refractivity (Wildman–Crippen MR) is 89.2 cm³/mol. The summed E-state index contributed by atoms with van der Waals surface area (Å²) >= 11 is 0. The van der Waals surface area contributed by atoms with Gasteiger partial charge in [-0.1, -0.05) is 26.0 Å². The van der Waals surface area contributed by atoms with E-state index in [0.717, 1.165) is 0 Å². The van der Waals surface area contributed by atoms with Gasteiger partial charge in [-0.25, -0.2) is 4.79 Å². The number of nitro groups is 1. The highest BCUT2D eigenvalue weighted by atomic mass is 16.6. The predicted octanol–water partition coefficient (Wildman–Crippen LogP) is 0.933. The van der Waals surface area contributed by atoms with Crippen molar-refractivity contribution < 1.29 is 29.5 Å². The van der Waals surface area contributed by atoms with Crippen LogP contribution in [-0.4, -0.2) is 57.1 Å². The Morgan fingerprint density at radius 3 is 2.50 bits per heavy atom. The number of hydrogen-bond acceptors (Lipinski definition) is 6. The number of benzene rings is 1. The van der Waals surface area contributed by atoms with Crippen molar-refractivity contribution in [2.75, 3.05) is 6.73 Å². The van der Waals surface area contributed by atoms with Gasteiger partial charge < -0.3 is 25.2 Å². The van der Waals surface area contributed by atoms with E-state index in [0.29, 0.717) is 5.56 Å². The van der Waals surface area contributed by atoms with Gasteiger partial charge in [0.05, 0.1) is 11.0 Å². The summed E-state index contributed by atoms with van der Waals surface area (Å²) in [6.07, 6.45) is -2.33. The van der Waals surface area contributed by atoms with Gasteiger partial charge in [0.2, 0.25) is 5.91 Å².